The molecule has 52 heavy (non-hydrogen) atoms. The molecular formula is C36H32BrClN6O6S2. The number of ether oxygens (including phenoxy) is 2. The van der Waals surface area contributed by atoms with Crippen LogP contribution < -0.4 is 19.6 Å². The van der Waals surface area contributed by atoms with Gasteiger partial charge in [-0.1, -0.05) is 64.3 Å². The van der Waals surface area contributed by atoms with Crippen LogP contribution in [0, 0.1) is 10.1 Å². The van der Waals surface area contributed by atoms with E-state index < -0.39 is 22.5 Å². The average Bonchev–Trinajstić information content (AvgIpc) is 3.67. The summed E-state index contributed by atoms with van der Waals surface area (Å²) in [5.74, 6) is 0.509. The third-order valence-corrected chi connectivity index (χ3v) is 11.0. The van der Waals surface area contributed by atoms with E-state index in [0.717, 1.165) is 21.4 Å². The van der Waals surface area contributed by atoms with Crippen molar-refractivity contribution >= 4 is 68.4 Å². The molecule has 0 radical (unpaired) electrons. The van der Waals surface area contributed by atoms with Crippen molar-refractivity contribution in [3.63, 3.8) is 0 Å². The van der Waals surface area contributed by atoms with Gasteiger partial charge in [-0.05, 0) is 80.1 Å². The second kappa shape index (κ2) is 16.0. The maximum absolute atomic E-state index is 14.5. The highest BCUT2D eigenvalue weighted by molar-refractivity contribution is 9.10. The molecule has 5 aromatic rings. The van der Waals surface area contributed by atoms with Crippen molar-refractivity contribution in [2.75, 3.05) is 13.7 Å². The van der Waals surface area contributed by atoms with Crippen LogP contribution in [0.25, 0.3) is 17.5 Å². The predicted molar refractivity (Wildman–Crippen MR) is 204 cm³/mol. The molecule has 6 rings (SSSR count). The van der Waals surface area contributed by atoms with Gasteiger partial charge in [-0.15, -0.1) is 10.2 Å². The van der Waals surface area contributed by atoms with Gasteiger partial charge in [-0.2, -0.15) is 0 Å². The molecular weight excluding hydrogens is 792 g/mol. The highest BCUT2D eigenvalue weighted by Gasteiger charge is 2.36. The van der Waals surface area contributed by atoms with Crippen molar-refractivity contribution in [3.05, 3.63) is 122 Å². The fourth-order valence-electron chi connectivity index (χ4n) is 5.92. The van der Waals surface area contributed by atoms with Crippen molar-refractivity contribution in [1.82, 2.24) is 19.3 Å². The molecule has 0 saturated carbocycles. The van der Waals surface area contributed by atoms with E-state index in [1.54, 1.807) is 37.3 Å². The van der Waals surface area contributed by atoms with Gasteiger partial charge in [0.1, 0.15) is 11.8 Å². The van der Waals surface area contributed by atoms with E-state index in [1.165, 1.54) is 35.6 Å². The second-order valence-electron chi connectivity index (χ2n) is 11.4. The number of carbonyl (C=O) groups excluding carboxylic acids is 1. The fraction of sp³-hybridized carbons (Fsp3) is 0.250. The van der Waals surface area contributed by atoms with Crippen LogP contribution in [0.1, 0.15) is 50.8 Å². The number of nitrogens with zero attached hydrogens (tertiary/aromatic N) is 6. The van der Waals surface area contributed by atoms with Crippen molar-refractivity contribution in [2.45, 2.75) is 56.3 Å². The standard InChI is InChI=1S/C36H32BrClN6O6S2/c1-5-9-26-30(34(46)50-7-3)31(25-19-22(37)12-14-27(25)49-4)43-33(45)29(52-35(43)39-26)18-21-17-24(44(47)48)13-15-28(21)51-36-41-40-32(42(36)6-2)20-10-8-11-23(38)16-20/h8,10-19,31H,5-7,9H2,1-4H3/b29-18-/t31-/m0/s1. The van der Waals surface area contributed by atoms with Gasteiger partial charge >= 0.3 is 5.97 Å². The van der Waals surface area contributed by atoms with Gasteiger partial charge < -0.3 is 14.0 Å². The molecule has 0 aliphatic carbocycles. The summed E-state index contributed by atoms with van der Waals surface area (Å²) < 4.78 is 15.6. The Labute approximate surface area is 319 Å². The van der Waals surface area contributed by atoms with Crippen molar-refractivity contribution < 1.29 is 19.2 Å². The second-order valence-corrected chi connectivity index (χ2v) is 14.8. The number of benzene rings is 3. The molecule has 0 fully saturated rings. The summed E-state index contributed by atoms with van der Waals surface area (Å²) in [6, 6.07) is 16.2. The summed E-state index contributed by atoms with van der Waals surface area (Å²) in [4.78, 5) is 45.4. The van der Waals surface area contributed by atoms with E-state index in [0.29, 0.717) is 67.7 Å². The van der Waals surface area contributed by atoms with Gasteiger partial charge in [0.25, 0.3) is 11.2 Å². The molecule has 1 aliphatic rings. The highest BCUT2D eigenvalue weighted by Crippen LogP contribution is 2.39. The van der Waals surface area contributed by atoms with Crippen LogP contribution in [0.4, 0.5) is 5.69 Å². The van der Waals surface area contributed by atoms with Crippen molar-refractivity contribution in [2.24, 2.45) is 4.99 Å². The first-order valence-corrected chi connectivity index (χ1v) is 19.1. The minimum atomic E-state index is -0.918. The molecule has 0 unspecified atom stereocenters. The number of rotatable bonds is 12. The van der Waals surface area contributed by atoms with Crippen LogP contribution in [0.2, 0.25) is 5.02 Å². The van der Waals surface area contributed by atoms with Crippen LogP contribution >= 0.6 is 50.6 Å². The number of nitro groups is 1. The van der Waals surface area contributed by atoms with Crippen molar-refractivity contribution in [1.29, 1.82) is 0 Å². The lowest BCUT2D eigenvalue weighted by atomic mass is 9.93. The van der Waals surface area contributed by atoms with E-state index in [1.807, 2.05) is 42.7 Å². The highest BCUT2D eigenvalue weighted by atomic mass is 79.9. The molecule has 1 aliphatic heterocycles. The summed E-state index contributed by atoms with van der Waals surface area (Å²) in [7, 11) is 1.52. The number of aromatic nitrogens is 4. The Hall–Kier alpha value is -4.57. The van der Waals surface area contributed by atoms with Crippen LogP contribution in [0.15, 0.2) is 96.2 Å². The molecule has 268 valence electrons. The first-order chi connectivity index (χ1) is 25.1. The van der Waals surface area contributed by atoms with E-state index in [2.05, 4.69) is 26.1 Å². The van der Waals surface area contributed by atoms with Gasteiger partial charge in [-0.3, -0.25) is 19.5 Å². The Balaban J connectivity index is 1.55. The van der Waals surface area contributed by atoms with Crippen LogP contribution in [-0.4, -0.2) is 43.9 Å². The van der Waals surface area contributed by atoms with Gasteiger partial charge in [0.05, 0.1) is 34.4 Å². The lowest BCUT2D eigenvalue weighted by Crippen LogP contribution is -2.40. The molecule has 3 aromatic carbocycles. The molecule has 1 atom stereocenters. The Morgan fingerprint density at radius 2 is 1.94 bits per heavy atom. The number of halogens is 2. The zero-order chi connectivity index (χ0) is 37.1. The molecule has 16 heteroatoms. The predicted octanol–water partition coefficient (Wildman–Crippen LogP) is 7.34. The first kappa shape index (κ1) is 37.2. The fourth-order valence-corrected chi connectivity index (χ4v) is 8.47. The van der Waals surface area contributed by atoms with Gasteiger partial charge in [0.2, 0.25) is 0 Å². The topological polar surface area (TPSA) is 144 Å². The quantitative estimate of drug-likeness (QED) is 0.0718. The maximum Gasteiger partial charge on any atom is 0.338 e. The number of allylic oxidation sites excluding steroid dienone is 1. The normalized spacial score (nSPS) is 14.3. The molecule has 3 heterocycles. The number of carbonyl (C=O) groups is 1. The number of nitro benzene ring substituents is 1. The summed E-state index contributed by atoms with van der Waals surface area (Å²) in [5.41, 5.74) is 1.97. The third kappa shape index (κ3) is 7.35. The number of thiazole rings is 1. The van der Waals surface area contributed by atoms with E-state index in [-0.39, 0.29) is 22.4 Å². The molecule has 2 aromatic heterocycles. The third-order valence-electron chi connectivity index (χ3n) is 8.19. The number of hydrogen-bond donors (Lipinski definition) is 0. The van der Waals surface area contributed by atoms with E-state index in [4.69, 9.17) is 26.1 Å². The zero-order valence-corrected chi connectivity index (χ0v) is 32.4. The Morgan fingerprint density at radius 3 is 2.63 bits per heavy atom. The molecule has 0 N–H and O–H groups in total. The number of methoxy groups -OCH3 is 1. The van der Waals surface area contributed by atoms with Gasteiger partial charge in [0, 0.05) is 44.2 Å². The number of esters is 1. The summed E-state index contributed by atoms with van der Waals surface area (Å²) in [6.45, 7) is 6.34. The van der Waals surface area contributed by atoms with Crippen LogP contribution in [0.3, 0.4) is 0 Å². The maximum atomic E-state index is 14.5. The largest absolute Gasteiger partial charge is 0.496 e. The van der Waals surface area contributed by atoms with Gasteiger partial charge in [0.15, 0.2) is 15.8 Å². The summed E-state index contributed by atoms with van der Waals surface area (Å²) >= 11 is 12.2. The minimum absolute atomic E-state index is 0.133. The number of hydrogen-bond acceptors (Lipinski definition) is 11. The monoisotopic (exact) mass is 822 g/mol. The molecule has 0 spiro atoms. The van der Waals surface area contributed by atoms with Crippen LogP contribution in [0.5, 0.6) is 5.75 Å². The minimum Gasteiger partial charge on any atom is -0.496 e. The lowest BCUT2D eigenvalue weighted by molar-refractivity contribution is -0.384. The molecule has 0 saturated heterocycles. The zero-order valence-electron chi connectivity index (χ0n) is 28.5. The van der Waals surface area contributed by atoms with E-state index in [9.17, 15) is 19.7 Å². The first-order valence-electron chi connectivity index (χ1n) is 16.3. The lowest BCUT2D eigenvalue weighted by Gasteiger charge is -2.27. The SMILES string of the molecule is CCCC1=C(C(=O)OCC)[C@H](c2cc(Br)ccc2OC)n2c(s/c(=C\c3cc([N+](=O)[O-])ccc3Sc3nnc(-c4cccc(Cl)c4)n3CC)c2=O)=N1. The Morgan fingerprint density at radius 1 is 1.13 bits per heavy atom. The summed E-state index contributed by atoms with van der Waals surface area (Å²) in [6.07, 6.45) is 2.77. The Kier molecular flexibility index (Phi) is 11.4. The average molecular weight is 824 g/mol. The molecule has 0 bridgehead atoms. The number of non-ortho nitro benzene ring substituents is 1. The van der Waals surface area contributed by atoms with Gasteiger partial charge in [-0.25, -0.2) is 9.79 Å². The Bertz CT molecular complexity index is 2420. The van der Waals surface area contributed by atoms with E-state index >= 15 is 0 Å². The van der Waals surface area contributed by atoms with Crippen LogP contribution in [-0.2, 0) is 16.1 Å². The summed E-state index contributed by atoms with van der Waals surface area (Å²) in [5, 5.41) is 21.9. The number of fused-ring (bicyclic) bond motifs is 1. The van der Waals surface area contributed by atoms with Crippen molar-refractivity contribution in [3.8, 4) is 17.1 Å². The smallest absolute Gasteiger partial charge is 0.338 e. The molecule has 12 nitrogen and oxygen atoms in total. The molecule has 0 amide bonds.